The van der Waals surface area contributed by atoms with Crippen molar-refractivity contribution < 1.29 is 4.74 Å². The summed E-state index contributed by atoms with van der Waals surface area (Å²) in [5, 5.41) is 8.31. The fraction of sp³-hybridized carbons (Fsp3) is 0.429. The van der Waals surface area contributed by atoms with Crippen LogP contribution in [0.5, 0.6) is 0 Å². The SMILES string of the molecule is CC(Br)c1cn(CC2OCCc3ccccc32)nn1. The highest BCUT2D eigenvalue weighted by molar-refractivity contribution is 9.09. The molecule has 0 amide bonds. The van der Waals surface area contributed by atoms with E-state index in [1.807, 2.05) is 17.8 Å². The number of ether oxygens (including phenoxy) is 1. The number of hydrogen-bond acceptors (Lipinski definition) is 3. The molecule has 1 aromatic heterocycles. The van der Waals surface area contributed by atoms with Gasteiger partial charge in [-0.3, -0.25) is 0 Å². The third-order valence-corrected chi connectivity index (χ3v) is 3.88. The summed E-state index contributed by atoms with van der Waals surface area (Å²) < 4.78 is 7.74. The zero-order chi connectivity index (χ0) is 13.2. The van der Waals surface area contributed by atoms with Crippen molar-refractivity contribution >= 4 is 15.9 Å². The zero-order valence-electron chi connectivity index (χ0n) is 10.8. The molecule has 0 saturated heterocycles. The van der Waals surface area contributed by atoms with Crippen LogP contribution in [0.1, 0.15) is 34.7 Å². The van der Waals surface area contributed by atoms with Gasteiger partial charge in [-0.25, -0.2) is 4.68 Å². The van der Waals surface area contributed by atoms with E-state index >= 15 is 0 Å². The molecule has 0 radical (unpaired) electrons. The van der Waals surface area contributed by atoms with Gasteiger partial charge in [-0.2, -0.15) is 0 Å². The van der Waals surface area contributed by atoms with Gasteiger partial charge in [-0.1, -0.05) is 45.4 Å². The van der Waals surface area contributed by atoms with Gasteiger partial charge in [0.25, 0.3) is 0 Å². The van der Waals surface area contributed by atoms with E-state index in [0.717, 1.165) is 18.7 Å². The Bertz CT molecular complexity index is 567. The first-order valence-corrected chi connectivity index (χ1v) is 7.39. The highest BCUT2D eigenvalue weighted by atomic mass is 79.9. The first kappa shape index (κ1) is 12.8. The highest BCUT2D eigenvalue weighted by Gasteiger charge is 2.21. The third kappa shape index (κ3) is 2.72. The minimum Gasteiger partial charge on any atom is -0.371 e. The first-order chi connectivity index (χ1) is 9.24. The predicted molar refractivity (Wildman–Crippen MR) is 76.2 cm³/mol. The number of halogens is 1. The van der Waals surface area contributed by atoms with Crippen LogP contribution in [-0.2, 0) is 17.7 Å². The third-order valence-electron chi connectivity index (χ3n) is 3.41. The van der Waals surface area contributed by atoms with Crippen LogP contribution in [0.15, 0.2) is 30.5 Å². The zero-order valence-corrected chi connectivity index (χ0v) is 12.4. The van der Waals surface area contributed by atoms with E-state index in [-0.39, 0.29) is 10.9 Å². The number of aromatic nitrogens is 3. The molecule has 1 aliphatic heterocycles. The number of nitrogens with zero attached hydrogens (tertiary/aromatic N) is 3. The predicted octanol–water partition coefficient (Wildman–Crippen LogP) is 3.05. The number of rotatable bonds is 3. The Balaban J connectivity index is 1.80. The lowest BCUT2D eigenvalue weighted by Crippen LogP contribution is -2.20. The Morgan fingerprint density at radius 1 is 1.47 bits per heavy atom. The van der Waals surface area contributed by atoms with E-state index in [4.69, 9.17) is 4.74 Å². The van der Waals surface area contributed by atoms with Crippen molar-refractivity contribution in [3.8, 4) is 0 Å². The maximum absolute atomic E-state index is 5.88. The lowest BCUT2D eigenvalue weighted by molar-refractivity contribution is 0.0279. The molecule has 3 rings (SSSR count). The molecule has 1 aromatic carbocycles. The molecule has 19 heavy (non-hydrogen) atoms. The summed E-state index contributed by atoms with van der Waals surface area (Å²) >= 11 is 3.50. The van der Waals surface area contributed by atoms with Crippen molar-refractivity contribution in [2.45, 2.75) is 30.8 Å². The molecule has 2 aromatic rings. The summed E-state index contributed by atoms with van der Waals surface area (Å²) in [6.07, 6.45) is 3.04. The largest absolute Gasteiger partial charge is 0.371 e. The monoisotopic (exact) mass is 321 g/mol. The van der Waals surface area contributed by atoms with Gasteiger partial charge in [0, 0.05) is 6.20 Å². The molecule has 0 fully saturated rings. The maximum atomic E-state index is 5.88. The van der Waals surface area contributed by atoms with Crippen molar-refractivity contribution in [1.29, 1.82) is 0 Å². The van der Waals surface area contributed by atoms with Gasteiger partial charge in [0.2, 0.25) is 0 Å². The van der Waals surface area contributed by atoms with Crippen molar-refractivity contribution in [2.75, 3.05) is 6.61 Å². The summed E-state index contributed by atoms with van der Waals surface area (Å²) in [5.74, 6) is 0. The van der Waals surface area contributed by atoms with Gasteiger partial charge in [-0.05, 0) is 24.5 Å². The molecule has 0 N–H and O–H groups in total. The lowest BCUT2D eigenvalue weighted by Gasteiger charge is -2.25. The minimum atomic E-state index is 0.0742. The molecule has 0 aliphatic carbocycles. The number of alkyl halides is 1. The van der Waals surface area contributed by atoms with Gasteiger partial charge < -0.3 is 4.74 Å². The Morgan fingerprint density at radius 2 is 2.32 bits per heavy atom. The minimum absolute atomic E-state index is 0.0742. The Labute approximate surface area is 120 Å². The lowest BCUT2D eigenvalue weighted by atomic mass is 9.98. The van der Waals surface area contributed by atoms with Gasteiger partial charge in [0.1, 0.15) is 6.10 Å². The van der Waals surface area contributed by atoms with E-state index < -0.39 is 0 Å². The molecular weight excluding hydrogens is 306 g/mol. The Hall–Kier alpha value is -1.20. The second-order valence-corrected chi connectivity index (χ2v) is 6.16. The summed E-state index contributed by atoms with van der Waals surface area (Å²) in [6.45, 7) is 3.53. The average molecular weight is 322 g/mol. The average Bonchev–Trinajstić information content (AvgIpc) is 2.88. The van der Waals surface area contributed by atoms with Crippen LogP contribution < -0.4 is 0 Å². The van der Waals surface area contributed by atoms with E-state index in [0.29, 0.717) is 6.54 Å². The fourth-order valence-electron chi connectivity index (χ4n) is 2.38. The highest BCUT2D eigenvalue weighted by Crippen LogP contribution is 2.28. The smallest absolute Gasteiger partial charge is 0.102 e. The van der Waals surface area contributed by atoms with Gasteiger partial charge >= 0.3 is 0 Å². The van der Waals surface area contributed by atoms with Crippen LogP contribution in [0, 0.1) is 0 Å². The molecule has 2 unspecified atom stereocenters. The summed E-state index contributed by atoms with van der Waals surface area (Å²) in [6, 6.07) is 8.47. The first-order valence-electron chi connectivity index (χ1n) is 6.47. The quantitative estimate of drug-likeness (QED) is 0.816. The molecule has 5 heteroatoms. The molecule has 0 bridgehead atoms. The number of benzene rings is 1. The van der Waals surface area contributed by atoms with Crippen molar-refractivity contribution in [1.82, 2.24) is 15.0 Å². The molecule has 2 heterocycles. The van der Waals surface area contributed by atoms with Crippen LogP contribution >= 0.6 is 15.9 Å². The van der Waals surface area contributed by atoms with Crippen LogP contribution in [0.2, 0.25) is 0 Å². The van der Waals surface area contributed by atoms with E-state index in [9.17, 15) is 0 Å². The molecule has 0 spiro atoms. The van der Waals surface area contributed by atoms with E-state index in [1.54, 1.807) is 0 Å². The summed E-state index contributed by atoms with van der Waals surface area (Å²) in [7, 11) is 0. The van der Waals surface area contributed by atoms with Gasteiger partial charge in [0.05, 0.1) is 23.7 Å². The standard InChI is InChI=1S/C14H16BrN3O/c1-10(15)13-8-18(17-16-13)9-14-12-5-3-2-4-11(12)6-7-19-14/h2-5,8,10,14H,6-7,9H2,1H3. The van der Waals surface area contributed by atoms with Gasteiger partial charge in [0.15, 0.2) is 0 Å². The summed E-state index contributed by atoms with van der Waals surface area (Å²) in [5.41, 5.74) is 3.61. The maximum Gasteiger partial charge on any atom is 0.102 e. The number of fused-ring (bicyclic) bond motifs is 1. The fourth-order valence-corrected chi connectivity index (χ4v) is 2.59. The molecule has 0 saturated carbocycles. The molecule has 1 aliphatic rings. The second kappa shape index (κ2) is 5.43. The topological polar surface area (TPSA) is 39.9 Å². The normalized spacial score (nSPS) is 20.0. The Kier molecular flexibility index (Phi) is 3.66. The molecular formula is C14H16BrN3O. The van der Waals surface area contributed by atoms with Crippen LogP contribution in [0.25, 0.3) is 0 Å². The molecule has 2 atom stereocenters. The van der Waals surface area contributed by atoms with Crippen molar-refractivity contribution in [2.24, 2.45) is 0 Å². The van der Waals surface area contributed by atoms with Crippen molar-refractivity contribution in [3.05, 3.63) is 47.3 Å². The van der Waals surface area contributed by atoms with Crippen LogP contribution in [0.4, 0.5) is 0 Å². The van der Waals surface area contributed by atoms with Gasteiger partial charge in [-0.15, -0.1) is 5.10 Å². The van der Waals surface area contributed by atoms with Crippen molar-refractivity contribution in [3.63, 3.8) is 0 Å². The molecule has 4 nitrogen and oxygen atoms in total. The molecule has 100 valence electrons. The second-order valence-electron chi connectivity index (χ2n) is 4.79. The van der Waals surface area contributed by atoms with E-state index in [2.05, 4.69) is 50.5 Å². The summed E-state index contributed by atoms with van der Waals surface area (Å²) in [4.78, 5) is 0.223. The van der Waals surface area contributed by atoms with E-state index in [1.165, 1.54) is 11.1 Å². The van der Waals surface area contributed by atoms with Crippen LogP contribution in [-0.4, -0.2) is 21.6 Å². The Morgan fingerprint density at radius 3 is 3.11 bits per heavy atom. The number of hydrogen-bond donors (Lipinski definition) is 0. The van der Waals surface area contributed by atoms with Crippen LogP contribution in [0.3, 0.4) is 0 Å².